The topological polar surface area (TPSA) is 85.9 Å². The molecule has 2 aromatic carbocycles. The van der Waals surface area contributed by atoms with Gasteiger partial charge >= 0.3 is 12.3 Å². The molecule has 0 radical (unpaired) electrons. The maximum Gasteiger partial charge on any atom is 0.416 e. The van der Waals surface area contributed by atoms with Gasteiger partial charge in [0.2, 0.25) is 5.91 Å². The molecule has 0 aliphatic heterocycles. The molecule has 0 unspecified atom stereocenters. The summed E-state index contributed by atoms with van der Waals surface area (Å²) in [7, 11) is 2.91. The molecule has 0 heterocycles. The zero-order chi connectivity index (χ0) is 24.1. The lowest BCUT2D eigenvalue weighted by molar-refractivity contribution is -0.137. The molecule has 2 aromatic rings. The van der Waals surface area contributed by atoms with Gasteiger partial charge in [0, 0.05) is 0 Å². The second-order valence-corrected chi connectivity index (χ2v) is 7.80. The minimum Gasteiger partial charge on any atom is -0.493 e. The molecule has 0 spiro atoms. The van der Waals surface area contributed by atoms with Gasteiger partial charge in [-0.05, 0) is 56.7 Å². The van der Waals surface area contributed by atoms with Gasteiger partial charge in [-0.25, -0.2) is 4.79 Å². The van der Waals surface area contributed by atoms with Crippen LogP contribution in [-0.4, -0.2) is 31.8 Å². The van der Waals surface area contributed by atoms with Crippen molar-refractivity contribution in [1.29, 1.82) is 0 Å². The molecule has 0 aliphatic rings. The number of carbonyl (C=O) groups excluding carboxylic acids is 2. The van der Waals surface area contributed by atoms with Crippen molar-refractivity contribution in [3.05, 3.63) is 47.5 Å². The lowest BCUT2D eigenvalue weighted by Gasteiger charge is -2.21. The number of carbonyl (C=O) groups is 2. The molecule has 10 heteroatoms. The summed E-state index contributed by atoms with van der Waals surface area (Å²) in [4.78, 5) is 24.6. The van der Waals surface area contributed by atoms with Crippen LogP contribution in [0.4, 0.5) is 29.3 Å². The van der Waals surface area contributed by atoms with E-state index in [9.17, 15) is 22.8 Å². The van der Waals surface area contributed by atoms with E-state index in [0.29, 0.717) is 17.1 Å². The van der Waals surface area contributed by atoms with Crippen LogP contribution < -0.4 is 20.1 Å². The van der Waals surface area contributed by atoms with Gasteiger partial charge in [-0.2, -0.15) is 13.2 Å². The number of halogens is 3. The monoisotopic (exact) mass is 454 g/mol. The molecule has 7 nitrogen and oxygen atoms in total. The SMILES string of the molecule is COc1ccc(CC(=O)Nc2cc(C(F)(F)F)ccc2NC(=O)OC(C)(C)C)cc1OC. The maximum atomic E-state index is 13.2. The molecule has 0 aromatic heterocycles. The Balaban J connectivity index is 2.27. The van der Waals surface area contributed by atoms with Gasteiger partial charge in [0.1, 0.15) is 5.60 Å². The van der Waals surface area contributed by atoms with Gasteiger partial charge < -0.3 is 19.5 Å². The Kier molecular flexibility index (Phi) is 7.60. The lowest BCUT2D eigenvalue weighted by Crippen LogP contribution is -2.27. The number of methoxy groups -OCH3 is 2. The molecular formula is C22H25F3N2O5. The molecule has 2 amide bonds. The van der Waals surface area contributed by atoms with Crippen LogP contribution in [0.5, 0.6) is 11.5 Å². The van der Waals surface area contributed by atoms with Gasteiger partial charge in [0.25, 0.3) is 0 Å². The fraction of sp³-hybridized carbons (Fsp3) is 0.364. The summed E-state index contributed by atoms with van der Waals surface area (Å²) in [5.41, 5.74) is -1.49. The van der Waals surface area contributed by atoms with Crippen LogP contribution in [-0.2, 0) is 22.1 Å². The third-order valence-corrected chi connectivity index (χ3v) is 4.07. The van der Waals surface area contributed by atoms with Gasteiger partial charge in [0.15, 0.2) is 11.5 Å². The minimum atomic E-state index is -4.63. The lowest BCUT2D eigenvalue weighted by atomic mass is 10.1. The van der Waals surface area contributed by atoms with Crippen LogP contribution in [0.1, 0.15) is 31.9 Å². The normalized spacial score (nSPS) is 11.5. The highest BCUT2D eigenvalue weighted by molar-refractivity contribution is 5.98. The molecule has 0 saturated heterocycles. The van der Waals surface area contributed by atoms with Crippen LogP contribution in [0.15, 0.2) is 36.4 Å². The first-order chi connectivity index (χ1) is 14.8. The fourth-order valence-electron chi connectivity index (χ4n) is 2.72. The number of amides is 2. The molecule has 2 rings (SSSR count). The van der Waals surface area contributed by atoms with E-state index in [0.717, 1.165) is 18.2 Å². The zero-order valence-corrected chi connectivity index (χ0v) is 18.3. The average Bonchev–Trinajstić information content (AvgIpc) is 2.66. The molecular weight excluding hydrogens is 429 g/mol. The van der Waals surface area contributed by atoms with Crippen molar-refractivity contribution in [3.63, 3.8) is 0 Å². The van der Waals surface area contributed by atoms with E-state index >= 15 is 0 Å². The first-order valence-electron chi connectivity index (χ1n) is 9.54. The van der Waals surface area contributed by atoms with Gasteiger partial charge in [-0.3, -0.25) is 10.1 Å². The summed E-state index contributed by atoms with van der Waals surface area (Å²) in [5.74, 6) is 0.284. The van der Waals surface area contributed by atoms with Crippen LogP contribution >= 0.6 is 0 Å². The second kappa shape index (κ2) is 9.80. The highest BCUT2D eigenvalue weighted by Gasteiger charge is 2.31. The van der Waals surface area contributed by atoms with E-state index in [-0.39, 0.29) is 17.8 Å². The first-order valence-corrected chi connectivity index (χ1v) is 9.54. The molecule has 0 bridgehead atoms. The van der Waals surface area contributed by atoms with E-state index in [1.807, 2.05) is 0 Å². The number of nitrogens with one attached hydrogen (secondary N) is 2. The number of hydrogen-bond acceptors (Lipinski definition) is 5. The summed E-state index contributed by atoms with van der Waals surface area (Å²) >= 11 is 0. The number of anilines is 2. The first kappa shape index (κ1) is 24.8. The Morgan fingerprint density at radius 2 is 1.53 bits per heavy atom. The summed E-state index contributed by atoms with van der Waals surface area (Å²) in [6.45, 7) is 4.93. The number of alkyl halides is 3. The summed E-state index contributed by atoms with van der Waals surface area (Å²) in [5, 5.41) is 4.79. The van der Waals surface area contributed by atoms with Crippen molar-refractivity contribution < 1.29 is 37.0 Å². The smallest absolute Gasteiger partial charge is 0.416 e. The predicted octanol–water partition coefficient (Wildman–Crippen LogP) is 5.25. The number of hydrogen-bond donors (Lipinski definition) is 2. The van der Waals surface area contributed by atoms with E-state index in [1.54, 1.807) is 39.0 Å². The second-order valence-electron chi connectivity index (χ2n) is 7.80. The minimum absolute atomic E-state index is 0.0343. The van der Waals surface area contributed by atoms with Gasteiger partial charge in [0.05, 0.1) is 37.6 Å². The van der Waals surface area contributed by atoms with E-state index < -0.39 is 29.3 Å². The van der Waals surface area contributed by atoms with Gasteiger partial charge in [-0.1, -0.05) is 6.07 Å². The van der Waals surface area contributed by atoms with Crippen molar-refractivity contribution in [2.75, 3.05) is 24.9 Å². The van der Waals surface area contributed by atoms with Crippen molar-refractivity contribution in [1.82, 2.24) is 0 Å². The Labute approximate surface area is 183 Å². The molecule has 0 fully saturated rings. The fourth-order valence-corrected chi connectivity index (χ4v) is 2.72. The third kappa shape index (κ3) is 7.07. The van der Waals surface area contributed by atoms with Crippen LogP contribution in [0, 0.1) is 0 Å². The zero-order valence-electron chi connectivity index (χ0n) is 18.3. The number of ether oxygens (including phenoxy) is 3. The largest absolute Gasteiger partial charge is 0.493 e. The van der Waals surface area contributed by atoms with Crippen molar-refractivity contribution >= 4 is 23.4 Å². The van der Waals surface area contributed by atoms with Crippen LogP contribution in [0.25, 0.3) is 0 Å². The molecule has 0 atom stereocenters. The van der Waals surface area contributed by atoms with E-state index in [2.05, 4.69) is 10.6 Å². The average molecular weight is 454 g/mol. The molecule has 0 aliphatic carbocycles. The third-order valence-electron chi connectivity index (χ3n) is 4.07. The van der Waals surface area contributed by atoms with Crippen molar-refractivity contribution in [2.45, 2.75) is 39.0 Å². The quantitative estimate of drug-likeness (QED) is 0.623. The molecule has 174 valence electrons. The summed E-state index contributed by atoms with van der Waals surface area (Å²) in [6, 6.07) is 7.44. The highest BCUT2D eigenvalue weighted by atomic mass is 19.4. The summed E-state index contributed by atoms with van der Waals surface area (Å²) in [6.07, 6.45) is -5.65. The van der Waals surface area contributed by atoms with E-state index in [1.165, 1.54) is 14.2 Å². The molecule has 0 saturated carbocycles. The van der Waals surface area contributed by atoms with Crippen LogP contribution in [0.2, 0.25) is 0 Å². The Bertz CT molecular complexity index is 985. The summed E-state index contributed by atoms with van der Waals surface area (Å²) < 4.78 is 55.0. The van der Waals surface area contributed by atoms with E-state index in [4.69, 9.17) is 14.2 Å². The number of benzene rings is 2. The Hall–Kier alpha value is -3.43. The molecule has 32 heavy (non-hydrogen) atoms. The number of rotatable bonds is 6. The Morgan fingerprint density at radius 3 is 2.09 bits per heavy atom. The standard InChI is InChI=1S/C22H25F3N2O5/c1-21(2,3)32-20(29)27-15-8-7-14(22(23,24)25)12-16(15)26-19(28)11-13-6-9-17(30-4)18(10-13)31-5/h6-10,12H,11H2,1-5H3,(H,26,28)(H,27,29). The van der Waals surface area contributed by atoms with Crippen LogP contribution in [0.3, 0.4) is 0 Å². The highest BCUT2D eigenvalue weighted by Crippen LogP contribution is 2.34. The predicted molar refractivity (Wildman–Crippen MR) is 113 cm³/mol. The van der Waals surface area contributed by atoms with Crippen molar-refractivity contribution in [3.8, 4) is 11.5 Å². The molecule has 2 N–H and O–H groups in total. The Morgan fingerprint density at radius 1 is 0.875 bits per heavy atom. The van der Waals surface area contributed by atoms with Crippen molar-refractivity contribution in [2.24, 2.45) is 0 Å². The maximum absolute atomic E-state index is 13.2. The van der Waals surface area contributed by atoms with Gasteiger partial charge in [-0.15, -0.1) is 0 Å².